The maximum Gasteiger partial charge on any atom is 0.272 e. The summed E-state index contributed by atoms with van der Waals surface area (Å²) >= 11 is 6.23. The van der Waals surface area contributed by atoms with Crippen molar-refractivity contribution in [3.63, 3.8) is 0 Å². The third-order valence-electron chi connectivity index (χ3n) is 6.12. The minimum Gasteiger partial charge on any atom is -0.493 e. The van der Waals surface area contributed by atoms with E-state index in [4.69, 9.17) is 25.8 Å². The number of halogens is 1. The fraction of sp³-hybridized carbons (Fsp3) is 0.333. The quantitative estimate of drug-likeness (QED) is 0.397. The minimum atomic E-state index is -0.0675. The maximum absolute atomic E-state index is 13.1. The number of carbonyl (C=O) groups is 1. The van der Waals surface area contributed by atoms with Crippen molar-refractivity contribution in [2.24, 2.45) is 0 Å². The molecule has 1 amide bonds. The van der Waals surface area contributed by atoms with Crippen LogP contribution in [0.3, 0.4) is 0 Å². The molecule has 1 N–H and O–H groups in total. The molecule has 4 aromatic rings. The zero-order chi connectivity index (χ0) is 25.2. The van der Waals surface area contributed by atoms with E-state index in [2.05, 4.69) is 20.4 Å². The second-order valence-electron chi connectivity index (χ2n) is 8.27. The van der Waals surface area contributed by atoms with Crippen LogP contribution in [0.5, 0.6) is 17.2 Å². The van der Waals surface area contributed by atoms with Crippen LogP contribution >= 0.6 is 11.6 Å². The lowest BCUT2D eigenvalue weighted by Gasteiger charge is -2.26. The molecule has 36 heavy (non-hydrogen) atoms. The number of benzene rings is 1. The van der Waals surface area contributed by atoms with Crippen molar-refractivity contribution in [1.82, 2.24) is 29.0 Å². The Balaban J connectivity index is 1.45. The predicted molar refractivity (Wildman–Crippen MR) is 134 cm³/mol. The van der Waals surface area contributed by atoms with E-state index in [0.29, 0.717) is 40.1 Å². The molecule has 0 aliphatic carbocycles. The Hall–Kier alpha value is -3.99. The summed E-state index contributed by atoms with van der Waals surface area (Å²) in [5.74, 6) is 2.44. The molecule has 1 aliphatic heterocycles. The van der Waals surface area contributed by atoms with E-state index in [9.17, 15) is 4.79 Å². The van der Waals surface area contributed by atoms with Crippen molar-refractivity contribution in [3.05, 3.63) is 47.8 Å². The normalized spacial score (nSPS) is 13.6. The summed E-state index contributed by atoms with van der Waals surface area (Å²) in [7, 11) is 4.68. The Kier molecular flexibility index (Phi) is 6.55. The highest BCUT2D eigenvalue weighted by molar-refractivity contribution is 6.28. The fourth-order valence-electron chi connectivity index (χ4n) is 4.35. The average molecular weight is 512 g/mol. The maximum atomic E-state index is 13.1. The van der Waals surface area contributed by atoms with E-state index in [0.717, 1.165) is 38.0 Å². The summed E-state index contributed by atoms with van der Waals surface area (Å²) in [6.45, 7) is 1.49. The molecule has 0 atom stereocenters. The number of piperidine rings is 1. The van der Waals surface area contributed by atoms with Crippen LogP contribution in [0.4, 0.5) is 11.6 Å². The number of nitrogens with one attached hydrogen (secondary N) is 1. The van der Waals surface area contributed by atoms with E-state index in [-0.39, 0.29) is 11.2 Å². The predicted octanol–water partition coefficient (Wildman–Crippen LogP) is 3.96. The monoisotopic (exact) mass is 511 g/mol. The molecule has 11 nitrogen and oxygen atoms in total. The number of likely N-dealkylation sites (tertiary alicyclic amines) is 1. The van der Waals surface area contributed by atoms with Gasteiger partial charge in [-0.05, 0) is 43.0 Å². The first-order valence-electron chi connectivity index (χ1n) is 11.5. The van der Waals surface area contributed by atoms with Crippen LogP contribution < -0.4 is 19.5 Å². The van der Waals surface area contributed by atoms with Crippen molar-refractivity contribution in [2.45, 2.75) is 19.3 Å². The van der Waals surface area contributed by atoms with Crippen LogP contribution in [0.25, 0.3) is 11.2 Å². The first-order chi connectivity index (χ1) is 17.5. The van der Waals surface area contributed by atoms with Gasteiger partial charge in [0.05, 0.1) is 33.2 Å². The lowest BCUT2D eigenvalue weighted by molar-refractivity contribution is 0.0716. The summed E-state index contributed by atoms with van der Waals surface area (Å²) in [6, 6.07) is 7.18. The van der Waals surface area contributed by atoms with E-state index >= 15 is 0 Å². The van der Waals surface area contributed by atoms with Gasteiger partial charge in [0.25, 0.3) is 5.91 Å². The Morgan fingerprint density at radius 1 is 1.03 bits per heavy atom. The number of fused-ring (bicyclic) bond motifs is 1. The summed E-state index contributed by atoms with van der Waals surface area (Å²) in [5.41, 5.74) is 1.82. The number of anilines is 2. The van der Waals surface area contributed by atoms with Gasteiger partial charge in [0.15, 0.2) is 17.3 Å². The molecule has 0 bridgehead atoms. The molecule has 1 fully saturated rings. The van der Waals surface area contributed by atoms with E-state index < -0.39 is 0 Å². The summed E-state index contributed by atoms with van der Waals surface area (Å²) in [6.07, 6.45) is 6.59. The van der Waals surface area contributed by atoms with E-state index in [1.807, 2.05) is 17.0 Å². The summed E-state index contributed by atoms with van der Waals surface area (Å²) in [4.78, 5) is 23.7. The van der Waals surface area contributed by atoms with Gasteiger partial charge in [-0.25, -0.2) is 9.50 Å². The first kappa shape index (κ1) is 23.7. The van der Waals surface area contributed by atoms with Gasteiger partial charge in [-0.3, -0.25) is 4.79 Å². The molecular weight excluding hydrogens is 486 g/mol. The SMILES string of the molecule is COc1cc(-n2cnc(Nc3nc(Cl)nn4c(C(=O)N5CCCCC5)ccc34)c2)cc(OC)c1OC. The number of aromatic nitrogens is 5. The first-order valence-corrected chi connectivity index (χ1v) is 11.9. The molecule has 1 aliphatic rings. The molecule has 1 aromatic carbocycles. The highest BCUT2D eigenvalue weighted by Gasteiger charge is 2.23. The topological polar surface area (TPSA) is 108 Å². The Morgan fingerprint density at radius 3 is 2.42 bits per heavy atom. The van der Waals surface area contributed by atoms with Gasteiger partial charge in [0.2, 0.25) is 11.0 Å². The zero-order valence-corrected chi connectivity index (χ0v) is 20.9. The van der Waals surface area contributed by atoms with Gasteiger partial charge in [0.1, 0.15) is 23.4 Å². The number of imidazole rings is 1. The average Bonchev–Trinajstić information content (AvgIpc) is 3.55. The molecular formula is C24H26ClN7O4. The number of rotatable bonds is 7. The van der Waals surface area contributed by atoms with Gasteiger partial charge in [-0.1, -0.05) is 0 Å². The summed E-state index contributed by atoms with van der Waals surface area (Å²) in [5, 5.41) is 7.48. The molecule has 3 aromatic heterocycles. The molecule has 1 saturated heterocycles. The minimum absolute atomic E-state index is 0.0120. The Bertz CT molecular complexity index is 1390. The second kappa shape index (κ2) is 9.94. The highest BCUT2D eigenvalue weighted by Crippen LogP contribution is 2.39. The lowest BCUT2D eigenvalue weighted by Crippen LogP contribution is -2.36. The molecule has 0 saturated carbocycles. The lowest BCUT2D eigenvalue weighted by atomic mass is 10.1. The molecule has 0 radical (unpaired) electrons. The van der Waals surface area contributed by atoms with Crippen molar-refractivity contribution in [1.29, 1.82) is 0 Å². The molecule has 5 rings (SSSR count). The standard InChI is InChI=1S/C24H26ClN7O4/c1-34-18-11-15(12-19(35-2)21(18)36-3)31-13-20(26-14-31)27-22-16-7-8-17(32(16)29-24(25)28-22)23(33)30-9-5-4-6-10-30/h7-8,11-14H,4-6,9-10H2,1-3H3,(H,27,28,29). The number of ether oxygens (including phenoxy) is 3. The molecule has 4 heterocycles. The molecule has 0 spiro atoms. The van der Waals surface area contributed by atoms with Gasteiger partial charge in [0, 0.05) is 25.2 Å². The largest absolute Gasteiger partial charge is 0.493 e. The fourth-order valence-corrected chi connectivity index (χ4v) is 4.51. The third-order valence-corrected chi connectivity index (χ3v) is 6.28. The van der Waals surface area contributed by atoms with Crippen molar-refractivity contribution in [3.8, 4) is 22.9 Å². The van der Waals surface area contributed by atoms with Crippen LogP contribution in [-0.2, 0) is 0 Å². The Labute approximate surface area is 212 Å². The van der Waals surface area contributed by atoms with Crippen LogP contribution in [0, 0.1) is 0 Å². The number of hydrogen-bond acceptors (Lipinski definition) is 8. The smallest absolute Gasteiger partial charge is 0.272 e. The number of carbonyl (C=O) groups excluding carboxylic acids is 1. The van der Waals surface area contributed by atoms with E-state index in [1.165, 1.54) is 4.52 Å². The van der Waals surface area contributed by atoms with Crippen molar-refractivity contribution < 1.29 is 19.0 Å². The van der Waals surface area contributed by atoms with Gasteiger partial charge < -0.3 is 29.0 Å². The molecule has 188 valence electrons. The van der Waals surface area contributed by atoms with Crippen LogP contribution in [0.2, 0.25) is 5.28 Å². The highest BCUT2D eigenvalue weighted by atomic mass is 35.5. The van der Waals surface area contributed by atoms with Gasteiger partial charge in [-0.15, -0.1) is 5.10 Å². The third kappa shape index (κ3) is 4.37. The van der Waals surface area contributed by atoms with E-state index in [1.54, 1.807) is 50.6 Å². The van der Waals surface area contributed by atoms with Crippen LogP contribution in [-0.4, -0.2) is 69.4 Å². The van der Waals surface area contributed by atoms with Crippen LogP contribution in [0.1, 0.15) is 29.8 Å². The number of nitrogens with zero attached hydrogens (tertiary/aromatic N) is 6. The zero-order valence-electron chi connectivity index (χ0n) is 20.2. The number of hydrogen-bond donors (Lipinski definition) is 1. The van der Waals surface area contributed by atoms with Gasteiger partial charge >= 0.3 is 0 Å². The summed E-state index contributed by atoms with van der Waals surface area (Å²) < 4.78 is 19.6. The van der Waals surface area contributed by atoms with Crippen molar-refractivity contribution in [2.75, 3.05) is 39.7 Å². The Morgan fingerprint density at radius 2 is 1.75 bits per heavy atom. The molecule has 0 unspecified atom stereocenters. The number of methoxy groups -OCH3 is 3. The van der Waals surface area contributed by atoms with Crippen LogP contribution in [0.15, 0.2) is 36.8 Å². The second-order valence-corrected chi connectivity index (χ2v) is 8.61. The van der Waals surface area contributed by atoms with Crippen molar-refractivity contribution >= 4 is 34.7 Å². The van der Waals surface area contributed by atoms with Gasteiger partial charge in [-0.2, -0.15) is 4.98 Å². The number of amides is 1. The molecule has 12 heteroatoms.